The predicted octanol–water partition coefficient (Wildman–Crippen LogP) is 5.95. The highest BCUT2D eigenvalue weighted by atomic mass is 16.6. The van der Waals surface area contributed by atoms with E-state index in [0.29, 0.717) is 56.4 Å². The summed E-state index contributed by atoms with van der Waals surface area (Å²) in [6.07, 6.45) is 15.7. The normalized spacial score (nSPS) is 53.3. The SMILES string of the molecule is C=C(C=O)C[C@@H]1C[C@H](O)[C@@H]2O[C@@H]3C[C@]4(C)O[C@@H]5C=CC[C@@H]6O[C@H]7[C@H](C/C=C\C[C@H]6O[C@H]5CCC[C@H]4O[C@H]3C[C@H]2O1)O[C@@H]1C[C@@H]2O[C@@H]3CC(=O)O[C@H]3C[C@@H](C)C[C@@]2(C)O[C@H]1C[C@@H]7C. The van der Waals surface area contributed by atoms with Crippen LogP contribution in [0, 0.1) is 11.8 Å². The van der Waals surface area contributed by atoms with E-state index in [9.17, 15) is 14.7 Å². The number of fused-ring (bicyclic) bond motifs is 9. The fourth-order valence-electron chi connectivity index (χ4n) is 13.2. The summed E-state index contributed by atoms with van der Waals surface area (Å²) in [7, 11) is 0. The second-order valence-electron chi connectivity index (χ2n) is 21.2. The standard InChI is InChI=1S/C49H70O13/c1-26-17-36-39(22-45(52)58-36)57-44-21-38-40(62-48(44,4)23-26)18-28(3)46-35(55-38)11-7-6-10-31-32(59-46)12-8-14-34-33(54-31)13-9-15-43-49(5,61-34)24-42-37(56-43)20-41-47(60-42)30(51)19-29(53-41)16-27(2)25-50/h6-8,14,25-26,28-44,46-47,51H,2,9-13,15-24H2,1,3-5H3/b7-6-,14-8?/t26-,28+,29-,30+,31-,32+,33+,34-,35+,36+,37+,38-,39-,40+,41-,42-,43-,44+,46-,47+,48-,49+/m1/s1. The van der Waals surface area contributed by atoms with E-state index in [4.69, 9.17) is 47.4 Å². The van der Waals surface area contributed by atoms with E-state index in [1.165, 1.54) is 0 Å². The van der Waals surface area contributed by atoms with Gasteiger partial charge >= 0.3 is 5.97 Å². The third-order valence-electron chi connectivity index (χ3n) is 16.2. The Labute approximate surface area is 366 Å². The van der Waals surface area contributed by atoms with Crippen LogP contribution in [-0.4, -0.2) is 138 Å². The van der Waals surface area contributed by atoms with Gasteiger partial charge in [-0.25, -0.2) is 0 Å². The number of hydrogen-bond acceptors (Lipinski definition) is 13. The fourth-order valence-corrected chi connectivity index (χ4v) is 13.2. The van der Waals surface area contributed by atoms with Crippen molar-refractivity contribution in [3.63, 3.8) is 0 Å². The van der Waals surface area contributed by atoms with Crippen molar-refractivity contribution in [2.24, 2.45) is 11.8 Å². The molecule has 13 nitrogen and oxygen atoms in total. The molecule has 1 N–H and O–H groups in total. The summed E-state index contributed by atoms with van der Waals surface area (Å²) in [5.74, 6) is 0.336. The van der Waals surface area contributed by atoms with Gasteiger partial charge in [0.05, 0.1) is 103 Å². The summed E-state index contributed by atoms with van der Waals surface area (Å²) in [4.78, 5) is 23.6. The number of ether oxygens (including phenoxy) is 10. The number of aliphatic hydroxyl groups excluding tert-OH is 1. The van der Waals surface area contributed by atoms with Crippen LogP contribution in [0.1, 0.15) is 124 Å². The zero-order valence-electron chi connectivity index (χ0n) is 37.1. The highest BCUT2D eigenvalue weighted by molar-refractivity contribution is 5.72. The number of aliphatic hydroxyl groups is 1. The maximum Gasteiger partial charge on any atom is 0.308 e. The van der Waals surface area contributed by atoms with Crippen LogP contribution in [0.15, 0.2) is 36.5 Å². The number of rotatable bonds is 3. The molecule has 10 aliphatic heterocycles. The average molecular weight is 867 g/mol. The molecule has 0 amide bonds. The van der Waals surface area contributed by atoms with E-state index in [1.54, 1.807) is 0 Å². The van der Waals surface area contributed by atoms with Crippen LogP contribution >= 0.6 is 0 Å². The van der Waals surface area contributed by atoms with Crippen LogP contribution < -0.4 is 0 Å². The van der Waals surface area contributed by atoms with Gasteiger partial charge in [-0.2, -0.15) is 0 Å². The first kappa shape index (κ1) is 43.8. The van der Waals surface area contributed by atoms with Crippen molar-refractivity contribution in [3.8, 4) is 0 Å². The molecule has 0 aromatic rings. The molecule has 0 bridgehead atoms. The van der Waals surface area contributed by atoms with Crippen LogP contribution in [0.25, 0.3) is 0 Å². The van der Waals surface area contributed by atoms with E-state index in [-0.39, 0.29) is 110 Å². The second-order valence-corrected chi connectivity index (χ2v) is 21.2. The molecule has 0 aliphatic carbocycles. The fraction of sp³-hybridized carbons (Fsp3) is 0.837. The molecule has 0 unspecified atom stereocenters. The summed E-state index contributed by atoms with van der Waals surface area (Å²) < 4.78 is 68.1. The Hall–Kier alpha value is -2.04. The highest BCUT2D eigenvalue weighted by Crippen LogP contribution is 2.48. The van der Waals surface area contributed by atoms with Gasteiger partial charge in [0.1, 0.15) is 30.7 Å². The molecular weight excluding hydrogens is 797 g/mol. The first-order chi connectivity index (χ1) is 29.8. The van der Waals surface area contributed by atoms with Crippen LogP contribution in [-0.2, 0) is 57.0 Å². The molecule has 62 heavy (non-hydrogen) atoms. The van der Waals surface area contributed by atoms with Crippen molar-refractivity contribution in [3.05, 3.63) is 36.5 Å². The van der Waals surface area contributed by atoms with Crippen molar-refractivity contribution in [2.75, 3.05) is 0 Å². The van der Waals surface area contributed by atoms with Crippen molar-refractivity contribution in [1.82, 2.24) is 0 Å². The Kier molecular flexibility index (Phi) is 12.5. The molecule has 10 heterocycles. The van der Waals surface area contributed by atoms with Gasteiger partial charge in [0.2, 0.25) is 0 Å². The van der Waals surface area contributed by atoms with Crippen molar-refractivity contribution >= 4 is 12.3 Å². The Morgan fingerprint density at radius 3 is 2.26 bits per heavy atom. The zero-order valence-corrected chi connectivity index (χ0v) is 37.1. The lowest BCUT2D eigenvalue weighted by atomic mass is 9.78. The van der Waals surface area contributed by atoms with E-state index < -0.39 is 23.4 Å². The van der Waals surface area contributed by atoms with Crippen molar-refractivity contribution in [2.45, 2.75) is 245 Å². The van der Waals surface area contributed by atoms with Gasteiger partial charge < -0.3 is 52.5 Å². The minimum absolute atomic E-state index is 0.0861. The molecule has 0 radical (unpaired) electrons. The number of hydrogen-bond donors (Lipinski definition) is 1. The highest BCUT2D eigenvalue weighted by Gasteiger charge is 2.57. The monoisotopic (exact) mass is 866 g/mol. The van der Waals surface area contributed by atoms with E-state index in [0.717, 1.165) is 57.7 Å². The number of carbonyl (C=O) groups is 2. The number of aldehydes is 1. The lowest BCUT2D eigenvalue weighted by Gasteiger charge is -2.55. The van der Waals surface area contributed by atoms with Crippen LogP contribution in [0.3, 0.4) is 0 Å². The summed E-state index contributed by atoms with van der Waals surface area (Å²) in [5.41, 5.74) is -0.638. The predicted molar refractivity (Wildman–Crippen MR) is 224 cm³/mol. The van der Waals surface area contributed by atoms with Crippen molar-refractivity contribution in [1.29, 1.82) is 0 Å². The van der Waals surface area contributed by atoms with Gasteiger partial charge in [0, 0.05) is 32.1 Å². The Bertz CT molecular complexity index is 1720. The van der Waals surface area contributed by atoms with Crippen LogP contribution in [0.2, 0.25) is 0 Å². The molecule has 344 valence electrons. The quantitative estimate of drug-likeness (QED) is 0.155. The van der Waals surface area contributed by atoms with Gasteiger partial charge in [-0.1, -0.05) is 44.7 Å². The van der Waals surface area contributed by atoms with Crippen LogP contribution in [0.5, 0.6) is 0 Å². The molecule has 13 heteroatoms. The summed E-state index contributed by atoms with van der Waals surface area (Å²) in [6.45, 7) is 12.7. The van der Waals surface area contributed by atoms with Gasteiger partial charge in [-0.15, -0.1) is 0 Å². The summed E-state index contributed by atoms with van der Waals surface area (Å²) >= 11 is 0. The van der Waals surface area contributed by atoms with E-state index in [2.05, 4.69) is 58.6 Å². The smallest absolute Gasteiger partial charge is 0.308 e. The van der Waals surface area contributed by atoms with Gasteiger partial charge in [-0.05, 0) is 89.0 Å². The molecule has 0 spiro atoms. The molecule has 0 aromatic carbocycles. The molecular formula is C49H70O13. The molecule has 8 saturated heterocycles. The Morgan fingerprint density at radius 1 is 0.694 bits per heavy atom. The Balaban J connectivity index is 0.817. The topological polar surface area (TPSA) is 147 Å². The number of esters is 1. The molecule has 22 atom stereocenters. The van der Waals surface area contributed by atoms with Gasteiger partial charge in [0.25, 0.3) is 0 Å². The first-order valence-corrected chi connectivity index (χ1v) is 24.1. The molecule has 8 fully saturated rings. The minimum atomic E-state index is -0.697. The van der Waals surface area contributed by atoms with Gasteiger partial charge in [0.15, 0.2) is 0 Å². The average Bonchev–Trinajstić information content (AvgIpc) is 3.52. The second kappa shape index (κ2) is 17.6. The molecule has 10 rings (SSSR count). The van der Waals surface area contributed by atoms with E-state index >= 15 is 0 Å². The third kappa shape index (κ3) is 8.71. The maximum atomic E-state index is 12.3. The third-order valence-corrected chi connectivity index (χ3v) is 16.2. The first-order valence-electron chi connectivity index (χ1n) is 24.1. The van der Waals surface area contributed by atoms with Crippen molar-refractivity contribution < 1.29 is 62.1 Å². The van der Waals surface area contributed by atoms with Crippen LogP contribution in [0.4, 0.5) is 0 Å². The Morgan fingerprint density at radius 2 is 1.42 bits per heavy atom. The molecule has 0 aromatic heterocycles. The zero-order chi connectivity index (χ0) is 42.9. The maximum absolute atomic E-state index is 12.3. The largest absolute Gasteiger partial charge is 0.459 e. The summed E-state index contributed by atoms with van der Waals surface area (Å²) in [6, 6.07) is 0. The number of carbonyl (C=O) groups excluding carboxylic acids is 2. The molecule has 0 saturated carbocycles. The minimum Gasteiger partial charge on any atom is -0.459 e. The summed E-state index contributed by atoms with van der Waals surface area (Å²) in [5, 5.41) is 11.2. The van der Waals surface area contributed by atoms with E-state index in [1.807, 2.05) is 0 Å². The lowest BCUT2D eigenvalue weighted by molar-refractivity contribution is -0.316. The lowest BCUT2D eigenvalue weighted by Crippen LogP contribution is -2.65. The molecule has 10 aliphatic rings. The van der Waals surface area contributed by atoms with Gasteiger partial charge in [-0.3, -0.25) is 9.59 Å².